The summed E-state index contributed by atoms with van der Waals surface area (Å²) in [4.78, 5) is 11.6. The predicted octanol–water partition coefficient (Wildman–Crippen LogP) is 3.14. The smallest absolute Gasteiger partial charge is 0.220 e. The lowest BCUT2D eigenvalue weighted by Gasteiger charge is -2.13. The van der Waals surface area contributed by atoms with E-state index in [-0.39, 0.29) is 12.5 Å². The van der Waals surface area contributed by atoms with E-state index >= 15 is 0 Å². The molecule has 1 aromatic carbocycles. The molecule has 1 aromatic heterocycles. The number of furan rings is 1. The lowest BCUT2D eigenvalue weighted by Crippen LogP contribution is -2.29. The van der Waals surface area contributed by atoms with Crippen molar-refractivity contribution in [3.63, 3.8) is 0 Å². The number of benzene rings is 1. The number of carbonyl (C=O) groups is 1. The largest absolute Gasteiger partial charge is 0.464 e. The molecule has 0 aliphatic rings. The third-order valence-corrected chi connectivity index (χ3v) is 3.19. The molecular formula is C17H21NO3. The van der Waals surface area contributed by atoms with Crippen LogP contribution in [0.3, 0.4) is 0 Å². The number of nitrogens with one attached hydrogen (secondary N) is 1. The summed E-state index contributed by atoms with van der Waals surface area (Å²) >= 11 is 0. The zero-order chi connectivity index (χ0) is 15.2. The van der Waals surface area contributed by atoms with Crippen molar-refractivity contribution in [3.05, 3.63) is 48.2 Å². The molecule has 2 aromatic rings. The van der Waals surface area contributed by atoms with Crippen molar-refractivity contribution in [2.24, 2.45) is 5.92 Å². The third kappa shape index (κ3) is 4.46. The molecule has 1 unspecified atom stereocenters. The van der Waals surface area contributed by atoms with Crippen LogP contribution in [0.5, 0.6) is 0 Å². The normalized spacial score (nSPS) is 12.4. The molecule has 4 nitrogen and oxygen atoms in total. The van der Waals surface area contributed by atoms with Gasteiger partial charge in [0.15, 0.2) is 0 Å². The highest BCUT2D eigenvalue weighted by atomic mass is 16.3. The van der Waals surface area contributed by atoms with Crippen molar-refractivity contribution in [1.29, 1.82) is 0 Å². The van der Waals surface area contributed by atoms with Crippen molar-refractivity contribution in [3.8, 4) is 11.3 Å². The third-order valence-electron chi connectivity index (χ3n) is 3.19. The van der Waals surface area contributed by atoms with E-state index in [9.17, 15) is 9.90 Å². The van der Waals surface area contributed by atoms with E-state index in [2.05, 4.69) is 5.32 Å². The first-order chi connectivity index (χ1) is 10.1. The van der Waals surface area contributed by atoms with E-state index in [4.69, 9.17) is 4.42 Å². The van der Waals surface area contributed by atoms with Crippen molar-refractivity contribution >= 4 is 5.91 Å². The van der Waals surface area contributed by atoms with E-state index in [0.29, 0.717) is 12.3 Å². The summed E-state index contributed by atoms with van der Waals surface area (Å²) in [7, 11) is 0. The number of rotatable bonds is 6. The van der Waals surface area contributed by atoms with Gasteiger partial charge in [-0.15, -0.1) is 0 Å². The van der Waals surface area contributed by atoms with Gasteiger partial charge in [0.05, 0.1) is 12.4 Å². The molecule has 2 N–H and O–H groups in total. The fourth-order valence-corrected chi connectivity index (χ4v) is 2.08. The number of hydrogen-bond donors (Lipinski definition) is 2. The summed E-state index contributed by atoms with van der Waals surface area (Å²) in [5.41, 5.74) is 1.73. The Morgan fingerprint density at radius 3 is 2.52 bits per heavy atom. The van der Waals surface area contributed by atoms with Crippen LogP contribution in [-0.4, -0.2) is 17.6 Å². The van der Waals surface area contributed by atoms with E-state index in [1.807, 2.05) is 50.2 Å². The summed E-state index contributed by atoms with van der Waals surface area (Å²) in [6.07, 6.45) is 1.40. The highest BCUT2D eigenvalue weighted by molar-refractivity contribution is 5.76. The Kier molecular flexibility index (Phi) is 5.17. The number of amides is 1. The molecule has 0 spiro atoms. The first-order valence-electron chi connectivity index (χ1n) is 7.15. The Labute approximate surface area is 124 Å². The molecule has 1 amide bonds. The quantitative estimate of drug-likeness (QED) is 0.858. The standard InChI is InChI=1S/C17H21NO3/c1-12(2)10-17(20)18-11-15(19)13-5-7-14(8-6-13)16-4-3-9-21-16/h3-9,12,15,19H,10-11H2,1-2H3,(H,18,20). The maximum Gasteiger partial charge on any atom is 0.220 e. The van der Waals surface area contributed by atoms with Crippen LogP contribution in [0.2, 0.25) is 0 Å². The maximum absolute atomic E-state index is 11.6. The van der Waals surface area contributed by atoms with Crippen LogP contribution in [-0.2, 0) is 4.79 Å². The van der Waals surface area contributed by atoms with Gasteiger partial charge < -0.3 is 14.8 Å². The zero-order valence-corrected chi connectivity index (χ0v) is 12.4. The van der Waals surface area contributed by atoms with Crippen LogP contribution < -0.4 is 5.32 Å². The van der Waals surface area contributed by atoms with E-state index in [1.165, 1.54) is 0 Å². The fourth-order valence-electron chi connectivity index (χ4n) is 2.08. The summed E-state index contributed by atoms with van der Waals surface area (Å²) in [6.45, 7) is 4.21. The minimum Gasteiger partial charge on any atom is -0.464 e. The number of aliphatic hydroxyl groups is 1. The van der Waals surface area contributed by atoms with Crippen molar-refractivity contribution in [2.75, 3.05) is 6.54 Å². The second-order valence-corrected chi connectivity index (χ2v) is 5.52. The molecule has 0 saturated heterocycles. The molecule has 0 aliphatic carbocycles. The average molecular weight is 287 g/mol. The molecule has 1 heterocycles. The van der Waals surface area contributed by atoms with Crippen molar-refractivity contribution in [2.45, 2.75) is 26.4 Å². The Balaban J connectivity index is 1.91. The predicted molar refractivity (Wildman–Crippen MR) is 81.6 cm³/mol. The van der Waals surface area contributed by atoms with Crippen LogP contribution in [0.4, 0.5) is 0 Å². The van der Waals surface area contributed by atoms with Gasteiger partial charge in [-0.05, 0) is 23.6 Å². The molecule has 2 rings (SSSR count). The van der Waals surface area contributed by atoms with Gasteiger partial charge in [-0.1, -0.05) is 38.1 Å². The van der Waals surface area contributed by atoms with Gasteiger partial charge >= 0.3 is 0 Å². The molecule has 4 heteroatoms. The summed E-state index contributed by atoms with van der Waals surface area (Å²) < 4.78 is 5.32. The first-order valence-corrected chi connectivity index (χ1v) is 7.15. The molecule has 0 aliphatic heterocycles. The Morgan fingerprint density at radius 1 is 1.24 bits per heavy atom. The van der Waals surface area contributed by atoms with Gasteiger partial charge in [-0.2, -0.15) is 0 Å². The maximum atomic E-state index is 11.6. The van der Waals surface area contributed by atoms with Gasteiger partial charge in [0.2, 0.25) is 5.91 Å². The van der Waals surface area contributed by atoms with Crippen LogP contribution in [0.15, 0.2) is 47.1 Å². The lowest BCUT2D eigenvalue weighted by molar-refractivity contribution is -0.122. The van der Waals surface area contributed by atoms with Crippen LogP contribution in [0.1, 0.15) is 31.9 Å². The van der Waals surface area contributed by atoms with Gasteiger partial charge in [0.25, 0.3) is 0 Å². The Hall–Kier alpha value is -2.07. The van der Waals surface area contributed by atoms with E-state index in [0.717, 1.165) is 16.9 Å². The van der Waals surface area contributed by atoms with Crippen molar-refractivity contribution in [1.82, 2.24) is 5.32 Å². The second kappa shape index (κ2) is 7.09. The van der Waals surface area contributed by atoms with E-state index < -0.39 is 6.10 Å². The average Bonchev–Trinajstić information content (AvgIpc) is 2.98. The Bertz CT molecular complexity index is 558. The fraction of sp³-hybridized carbons (Fsp3) is 0.353. The second-order valence-electron chi connectivity index (χ2n) is 5.52. The number of aliphatic hydroxyl groups excluding tert-OH is 1. The van der Waals surface area contributed by atoms with Gasteiger partial charge in [0, 0.05) is 18.5 Å². The van der Waals surface area contributed by atoms with Gasteiger partial charge in [-0.25, -0.2) is 0 Å². The molecular weight excluding hydrogens is 266 g/mol. The minimum absolute atomic E-state index is 0.0312. The summed E-state index contributed by atoms with van der Waals surface area (Å²) in [5.74, 6) is 1.08. The Morgan fingerprint density at radius 2 is 1.95 bits per heavy atom. The number of carbonyl (C=O) groups excluding carboxylic acids is 1. The molecule has 0 fully saturated rings. The first kappa shape index (κ1) is 15.3. The summed E-state index contributed by atoms with van der Waals surface area (Å²) in [5, 5.41) is 12.8. The van der Waals surface area contributed by atoms with Crippen LogP contribution in [0, 0.1) is 5.92 Å². The highest BCUT2D eigenvalue weighted by Crippen LogP contribution is 2.22. The lowest BCUT2D eigenvalue weighted by atomic mass is 10.1. The molecule has 0 bridgehead atoms. The van der Waals surface area contributed by atoms with Crippen LogP contribution in [0.25, 0.3) is 11.3 Å². The molecule has 0 radical (unpaired) electrons. The van der Waals surface area contributed by atoms with Gasteiger partial charge in [-0.3, -0.25) is 4.79 Å². The van der Waals surface area contributed by atoms with Gasteiger partial charge in [0.1, 0.15) is 5.76 Å². The molecule has 21 heavy (non-hydrogen) atoms. The molecule has 0 saturated carbocycles. The SMILES string of the molecule is CC(C)CC(=O)NCC(O)c1ccc(-c2ccco2)cc1. The molecule has 112 valence electrons. The molecule has 1 atom stereocenters. The zero-order valence-electron chi connectivity index (χ0n) is 12.4. The van der Waals surface area contributed by atoms with E-state index in [1.54, 1.807) is 6.26 Å². The van der Waals surface area contributed by atoms with Crippen LogP contribution >= 0.6 is 0 Å². The number of hydrogen-bond acceptors (Lipinski definition) is 3. The minimum atomic E-state index is -0.702. The highest BCUT2D eigenvalue weighted by Gasteiger charge is 2.11. The van der Waals surface area contributed by atoms with Crippen molar-refractivity contribution < 1.29 is 14.3 Å². The topological polar surface area (TPSA) is 62.5 Å². The monoisotopic (exact) mass is 287 g/mol. The summed E-state index contributed by atoms with van der Waals surface area (Å²) in [6, 6.07) is 11.2.